The molecule has 1 unspecified atom stereocenters. The number of esters is 1. The monoisotopic (exact) mass is 313 g/mol. The third-order valence-electron chi connectivity index (χ3n) is 3.45. The molecule has 6 nitrogen and oxygen atoms in total. The molecule has 6 heteroatoms. The van der Waals surface area contributed by atoms with E-state index in [4.69, 9.17) is 0 Å². The van der Waals surface area contributed by atoms with Gasteiger partial charge < -0.3 is 10.1 Å². The van der Waals surface area contributed by atoms with Crippen LogP contribution in [-0.4, -0.2) is 28.8 Å². The molecule has 1 amide bonds. The van der Waals surface area contributed by atoms with E-state index in [0.29, 0.717) is 0 Å². The van der Waals surface area contributed by atoms with Gasteiger partial charge in [0.1, 0.15) is 0 Å². The normalized spacial score (nSPS) is 12.1. The maximum absolute atomic E-state index is 11.8. The number of nitrogens with one attached hydrogen (secondary N) is 1. The summed E-state index contributed by atoms with van der Waals surface area (Å²) in [5.74, 6) is -0.935. The van der Waals surface area contributed by atoms with E-state index >= 15 is 0 Å². The van der Waals surface area contributed by atoms with Gasteiger partial charge in [0.2, 0.25) is 5.91 Å². The van der Waals surface area contributed by atoms with Gasteiger partial charge in [0.05, 0.1) is 25.0 Å². The Hall–Kier alpha value is -2.89. The molecule has 0 spiro atoms. The lowest BCUT2D eigenvalue weighted by Gasteiger charge is -2.12. The number of ether oxygens (including phenoxy) is 1. The maximum Gasteiger partial charge on any atom is 0.330 e. The van der Waals surface area contributed by atoms with Crippen LogP contribution in [0, 0.1) is 6.92 Å². The second kappa shape index (κ2) is 7.40. The fourth-order valence-electron chi connectivity index (χ4n) is 2.23. The lowest BCUT2D eigenvalue weighted by atomic mass is 10.1. The number of para-hydroxylation sites is 1. The lowest BCUT2D eigenvalue weighted by Crippen LogP contribution is -2.25. The summed E-state index contributed by atoms with van der Waals surface area (Å²) in [6.45, 7) is 3.81. The Labute approximate surface area is 134 Å². The summed E-state index contributed by atoms with van der Waals surface area (Å²) < 4.78 is 6.26. The van der Waals surface area contributed by atoms with Crippen molar-refractivity contribution in [2.45, 2.75) is 19.9 Å². The van der Waals surface area contributed by atoms with Gasteiger partial charge in [-0.1, -0.05) is 18.2 Å². The number of methoxy groups -OCH3 is 1. The van der Waals surface area contributed by atoms with Crippen LogP contribution >= 0.6 is 0 Å². The number of benzene rings is 1. The minimum atomic E-state index is -0.569. The Morgan fingerprint density at radius 2 is 1.96 bits per heavy atom. The smallest absolute Gasteiger partial charge is 0.330 e. The molecule has 0 saturated heterocycles. The number of carbonyl (C=O) groups excluding carboxylic acids is 2. The highest BCUT2D eigenvalue weighted by Crippen LogP contribution is 2.19. The van der Waals surface area contributed by atoms with E-state index < -0.39 is 5.97 Å². The number of nitrogens with zero attached hydrogens (tertiary/aromatic N) is 2. The van der Waals surface area contributed by atoms with Gasteiger partial charge in [0, 0.05) is 23.4 Å². The number of hydrogen-bond donors (Lipinski definition) is 1. The molecule has 0 aliphatic heterocycles. The first-order valence-corrected chi connectivity index (χ1v) is 7.19. The standard InChI is InChI=1S/C17H19N3O3/c1-12(19-16(21)9-10-17(22)23-3)15-11-18-20(13(15)2)14-7-5-4-6-8-14/h4-12H,1-3H3,(H,19,21)/b10-9+. The Morgan fingerprint density at radius 1 is 1.26 bits per heavy atom. The Balaban J connectivity index is 2.10. The third-order valence-corrected chi connectivity index (χ3v) is 3.45. The van der Waals surface area contributed by atoms with Gasteiger partial charge in [-0.05, 0) is 26.0 Å². The van der Waals surface area contributed by atoms with Gasteiger partial charge in [-0.15, -0.1) is 0 Å². The van der Waals surface area contributed by atoms with Crippen molar-refractivity contribution in [1.82, 2.24) is 15.1 Å². The largest absolute Gasteiger partial charge is 0.466 e. The molecule has 0 bridgehead atoms. The van der Waals surface area contributed by atoms with Crippen molar-refractivity contribution in [1.29, 1.82) is 0 Å². The zero-order valence-electron chi connectivity index (χ0n) is 13.3. The van der Waals surface area contributed by atoms with Crippen molar-refractivity contribution >= 4 is 11.9 Å². The molecular formula is C17H19N3O3. The average Bonchev–Trinajstić information content (AvgIpc) is 2.95. The first kappa shape index (κ1) is 16.5. The van der Waals surface area contributed by atoms with Crippen LogP contribution in [0.15, 0.2) is 48.7 Å². The maximum atomic E-state index is 11.8. The minimum Gasteiger partial charge on any atom is -0.466 e. The number of aromatic nitrogens is 2. The fraction of sp³-hybridized carbons (Fsp3) is 0.235. The molecule has 2 rings (SSSR count). The summed E-state index contributed by atoms with van der Waals surface area (Å²) >= 11 is 0. The molecule has 120 valence electrons. The summed E-state index contributed by atoms with van der Waals surface area (Å²) in [4.78, 5) is 22.8. The van der Waals surface area contributed by atoms with Crippen LogP contribution in [0.4, 0.5) is 0 Å². The van der Waals surface area contributed by atoms with Crippen molar-refractivity contribution < 1.29 is 14.3 Å². The molecule has 23 heavy (non-hydrogen) atoms. The van der Waals surface area contributed by atoms with Crippen molar-refractivity contribution in [3.8, 4) is 5.69 Å². The van der Waals surface area contributed by atoms with E-state index in [-0.39, 0.29) is 11.9 Å². The van der Waals surface area contributed by atoms with Gasteiger partial charge in [0.15, 0.2) is 0 Å². The van der Waals surface area contributed by atoms with Crippen LogP contribution in [-0.2, 0) is 14.3 Å². The quantitative estimate of drug-likeness (QED) is 0.677. The van der Waals surface area contributed by atoms with E-state index in [0.717, 1.165) is 29.1 Å². The first-order chi connectivity index (χ1) is 11.0. The van der Waals surface area contributed by atoms with Gasteiger partial charge in [-0.25, -0.2) is 9.48 Å². The summed E-state index contributed by atoms with van der Waals surface area (Å²) in [7, 11) is 1.26. The molecule has 1 N–H and O–H groups in total. The molecular weight excluding hydrogens is 294 g/mol. The number of rotatable bonds is 5. The molecule has 0 saturated carbocycles. The van der Waals surface area contributed by atoms with Crippen LogP contribution in [0.5, 0.6) is 0 Å². The zero-order chi connectivity index (χ0) is 16.8. The molecule has 0 aliphatic rings. The predicted octanol–water partition coefficient (Wildman–Crippen LogP) is 2.09. The van der Waals surface area contributed by atoms with Crippen molar-refractivity contribution in [2.75, 3.05) is 7.11 Å². The molecule has 1 aromatic carbocycles. The fourth-order valence-corrected chi connectivity index (χ4v) is 2.23. The molecule has 1 aromatic heterocycles. The van der Waals surface area contributed by atoms with E-state index in [1.807, 2.05) is 48.9 Å². The molecule has 1 atom stereocenters. The first-order valence-electron chi connectivity index (χ1n) is 7.19. The van der Waals surface area contributed by atoms with Crippen LogP contribution in [0.3, 0.4) is 0 Å². The number of hydrogen-bond acceptors (Lipinski definition) is 4. The third kappa shape index (κ3) is 4.06. The van der Waals surface area contributed by atoms with Gasteiger partial charge in [0.25, 0.3) is 0 Å². The Kier molecular flexibility index (Phi) is 5.30. The van der Waals surface area contributed by atoms with Crippen LogP contribution in [0.25, 0.3) is 5.69 Å². The van der Waals surface area contributed by atoms with Crippen molar-refractivity contribution in [3.63, 3.8) is 0 Å². The van der Waals surface area contributed by atoms with Crippen molar-refractivity contribution in [3.05, 3.63) is 59.9 Å². The summed E-state index contributed by atoms with van der Waals surface area (Å²) in [6.07, 6.45) is 3.97. The lowest BCUT2D eigenvalue weighted by molar-refractivity contribution is -0.135. The van der Waals surface area contributed by atoms with Gasteiger partial charge >= 0.3 is 5.97 Å². The predicted molar refractivity (Wildman–Crippen MR) is 86.0 cm³/mol. The van der Waals surface area contributed by atoms with E-state index in [9.17, 15) is 9.59 Å². The summed E-state index contributed by atoms with van der Waals surface area (Å²) in [5.41, 5.74) is 2.81. The highest BCUT2D eigenvalue weighted by molar-refractivity contribution is 5.94. The van der Waals surface area contributed by atoms with Gasteiger partial charge in [-0.3, -0.25) is 4.79 Å². The Bertz CT molecular complexity index is 720. The molecule has 0 radical (unpaired) electrons. The molecule has 2 aromatic rings. The molecule has 0 aliphatic carbocycles. The number of amides is 1. The number of carbonyl (C=O) groups is 2. The van der Waals surface area contributed by atoms with Crippen LogP contribution in [0.2, 0.25) is 0 Å². The topological polar surface area (TPSA) is 73.2 Å². The molecule has 0 fully saturated rings. The zero-order valence-corrected chi connectivity index (χ0v) is 13.3. The molecule has 1 heterocycles. The average molecular weight is 313 g/mol. The van der Waals surface area contributed by atoms with Crippen LogP contribution < -0.4 is 5.32 Å². The van der Waals surface area contributed by atoms with Crippen molar-refractivity contribution in [2.24, 2.45) is 0 Å². The van der Waals surface area contributed by atoms with E-state index in [2.05, 4.69) is 15.2 Å². The van der Waals surface area contributed by atoms with E-state index in [1.54, 1.807) is 6.20 Å². The summed E-state index contributed by atoms with van der Waals surface area (Å²) in [6, 6.07) is 9.53. The second-order valence-corrected chi connectivity index (χ2v) is 5.02. The highest BCUT2D eigenvalue weighted by atomic mass is 16.5. The SMILES string of the molecule is COC(=O)/C=C/C(=O)NC(C)c1cnn(-c2ccccc2)c1C. The van der Waals surface area contributed by atoms with Gasteiger partial charge in [-0.2, -0.15) is 5.10 Å². The minimum absolute atomic E-state index is 0.234. The van der Waals surface area contributed by atoms with E-state index in [1.165, 1.54) is 7.11 Å². The highest BCUT2D eigenvalue weighted by Gasteiger charge is 2.15. The van der Waals surface area contributed by atoms with Crippen LogP contribution in [0.1, 0.15) is 24.2 Å². The second-order valence-electron chi connectivity index (χ2n) is 5.02. The summed E-state index contributed by atoms with van der Waals surface area (Å²) in [5, 5.41) is 7.17. The Morgan fingerprint density at radius 3 is 2.61 bits per heavy atom.